The second-order valence-corrected chi connectivity index (χ2v) is 6.86. The Balaban J connectivity index is 2.08. The second-order valence-electron chi connectivity index (χ2n) is 4.97. The molecule has 0 radical (unpaired) electrons. The maximum absolute atomic E-state index is 14.0. The standard InChI is InChI=1S/C15H15FN4S2/c1-8-11-5-10(16)6-12(9-3-2-4-18-7-9)13(11)19-15(22-8)20-14(17)21/h2-8,15,19H,1H3,(H3,17,20,21). The van der Waals surface area contributed by atoms with Gasteiger partial charge in [0.25, 0.3) is 0 Å². The number of anilines is 1. The molecular formula is C15H15FN4S2. The number of fused-ring (bicyclic) bond motifs is 1. The number of hydrogen-bond donors (Lipinski definition) is 3. The number of benzene rings is 1. The number of nitrogens with two attached hydrogens (primary N) is 1. The molecule has 4 nitrogen and oxygen atoms in total. The summed E-state index contributed by atoms with van der Waals surface area (Å²) >= 11 is 6.50. The molecule has 1 aliphatic heterocycles. The molecule has 2 atom stereocenters. The van der Waals surface area contributed by atoms with Gasteiger partial charge in [-0.1, -0.05) is 6.07 Å². The van der Waals surface area contributed by atoms with Crippen LogP contribution in [0.25, 0.3) is 11.1 Å². The fourth-order valence-corrected chi connectivity index (χ4v) is 3.82. The molecule has 7 heteroatoms. The van der Waals surface area contributed by atoms with Crippen molar-refractivity contribution in [3.8, 4) is 11.1 Å². The highest BCUT2D eigenvalue weighted by atomic mass is 32.2. The third-order valence-electron chi connectivity index (χ3n) is 3.43. The molecule has 2 unspecified atom stereocenters. The smallest absolute Gasteiger partial charge is 0.165 e. The van der Waals surface area contributed by atoms with Gasteiger partial charge in [-0.15, -0.1) is 11.8 Å². The van der Waals surface area contributed by atoms with E-state index in [2.05, 4.69) is 15.6 Å². The summed E-state index contributed by atoms with van der Waals surface area (Å²) in [6, 6.07) is 6.82. The quantitative estimate of drug-likeness (QED) is 0.733. The van der Waals surface area contributed by atoms with Crippen molar-refractivity contribution in [2.24, 2.45) is 5.73 Å². The minimum absolute atomic E-state index is 0.106. The predicted octanol–water partition coefficient (Wildman–Crippen LogP) is 3.22. The molecule has 1 aromatic carbocycles. The summed E-state index contributed by atoms with van der Waals surface area (Å²) in [7, 11) is 0. The molecule has 3 rings (SSSR count). The Morgan fingerprint density at radius 1 is 1.50 bits per heavy atom. The van der Waals surface area contributed by atoms with Crippen LogP contribution in [0.1, 0.15) is 17.7 Å². The normalized spacial score (nSPS) is 19.9. The van der Waals surface area contributed by atoms with Crippen molar-refractivity contribution in [2.75, 3.05) is 5.32 Å². The zero-order chi connectivity index (χ0) is 15.7. The average molecular weight is 334 g/mol. The largest absolute Gasteiger partial charge is 0.376 e. The summed E-state index contributed by atoms with van der Waals surface area (Å²) < 4.78 is 14.0. The van der Waals surface area contributed by atoms with E-state index >= 15 is 0 Å². The van der Waals surface area contributed by atoms with Gasteiger partial charge in [0, 0.05) is 34.5 Å². The third kappa shape index (κ3) is 3.00. The molecule has 2 heterocycles. The number of pyridine rings is 1. The summed E-state index contributed by atoms with van der Waals surface area (Å²) in [5.41, 5.74) is 8.85. The lowest BCUT2D eigenvalue weighted by atomic mass is 9.99. The Hall–Kier alpha value is -1.86. The van der Waals surface area contributed by atoms with Gasteiger partial charge in [0.15, 0.2) is 5.11 Å². The van der Waals surface area contributed by atoms with E-state index in [1.54, 1.807) is 30.2 Å². The van der Waals surface area contributed by atoms with Crippen molar-refractivity contribution in [2.45, 2.75) is 17.7 Å². The van der Waals surface area contributed by atoms with Gasteiger partial charge < -0.3 is 16.4 Å². The molecule has 0 fully saturated rings. The van der Waals surface area contributed by atoms with E-state index in [0.29, 0.717) is 0 Å². The molecule has 114 valence electrons. The molecule has 22 heavy (non-hydrogen) atoms. The number of aromatic nitrogens is 1. The van der Waals surface area contributed by atoms with E-state index in [-0.39, 0.29) is 21.7 Å². The second kappa shape index (κ2) is 6.10. The van der Waals surface area contributed by atoms with Crippen LogP contribution in [0, 0.1) is 5.82 Å². The number of thiocarbonyl (C=S) groups is 1. The van der Waals surface area contributed by atoms with Crippen LogP contribution >= 0.6 is 24.0 Å². The van der Waals surface area contributed by atoms with Gasteiger partial charge >= 0.3 is 0 Å². The molecule has 0 aliphatic carbocycles. The van der Waals surface area contributed by atoms with Gasteiger partial charge in [0.05, 0.1) is 0 Å². The van der Waals surface area contributed by atoms with Crippen molar-refractivity contribution in [3.05, 3.63) is 48.0 Å². The summed E-state index contributed by atoms with van der Waals surface area (Å²) in [4.78, 5) is 4.11. The van der Waals surface area contributed by atoms with Crippen LogP contribution in [-0.2, 0) is 0 Å². The summed E-state index contributed by atoms with van der Waals surface area (Å²) in [6.07, 6.45) is 3.41. The fraction of sp³-hybridized carbons (Fsp3) is 0.200. The van der Waals surface area contributed by atoms with Gasteiger partial charge in [-0.3, -0.25) is 4.98 Å². The Morgan fingerprint density at radius 3 is 3.00 bits per heavy atom. The summed E-state index contributed by atoms with van der Waals surface area (Å²) in [6.45, 7) is 2.03. The van der Waals surface area contributed by atoms with Crippen LogP contribution in [0.4, 0.5) is 10.1 Å². The van der Waals surface area contributed by atoms with Gasteiger partial charge in [-0.25, -0.2) is 4.39 Å². The molecule has 4 N–H and O–H groups in total. The molecule has 1 aliphatic rings. The Kier molecular flexibility index (Phi) is 4.17. The van der Waals surface area contributed by atoms with E-state index in [4.69, 9.17) is 18.0 Å². The summed E-state index contributed by atoms with van der Waals surface area (Å²) in [5.74, 6) is -0.257. The number of nitrogens with zero attached hydrogens (tertiary/aromatic N) is 1. The van der Waals surface area contributed by atoms with Crippen LogP contribution in [0.3, 0.4) is 0 Å². The van der Waals surface area contributed by atoms with E-state index in [9.17, 15) is 4.39 Å². The van der Waals surface area contributed by atoms with E-state index in [0.717, 1.165) is 22.4 Å². The first-order valence-corrected chi connectivity index (χ1v) is 8.11. The molecular weight excluding hydrogens is 319 g/mol. The van der Waals surface area contributed by atoms with Crippen molar-refractivity contribution >= 4 is 34.8 Å². The lowest BCUT2D eigenvalue weighted by Gasteiger charge is -2.33. The zero-order valence-corrected chi connectivity index (χ0v) is 13.5. The van der Waals surface area contributed by atoms with Crippen LogP contribution in [0.15, 0.2) is 36.7 Å². The van der Waals surface area contributed by atoms with Crippen molar-refractivity contribution in [3.63, 3.8) is 0 Å². The Morgan fingerprint density at radius 2 is 2.32 bits per heavy atom. The van der Waals surface area contributed by atoms with Gasteiger partial charge in [-0.2, -0.15) is 0 Å². The van der Waals surface area contributed by atoms with E-state index < -0.39 is 0 Å². The highest BCUT2D eigenvalue weighted by molar-refractivity contribution is 8.00. The van der Waals surface area contributed by atoms with E-state index in [1.807, 2.05) is 19.1 Å². The highest BCUT2D eigenvalue weighted by Crippen LogP contribution is 2.45. The maximum Gasteiger partial charge on any atom is 0.165 e. The molecule has 0 spiro atoms. The van der Waals surface area contributed by atoms with Crippen LogP contribution < -0.4 is 16.4 Å². The highest BCUT2D eigenvalue weighted by Gasteiger charge is 2.27. The van der Waals surface area contributed by atoms with Crippen molar-refractivity contribution in [1.82, 2.24) is 10.3 Å². The molecule has 2 aromatic rings. The van der Waals surface area contributed by atoms with Crippen LogP contribution in [0.5, 0.6) is 0 Å². The molecule has 0 saturated carbocycles. The SMILES string of the molecule is CC1SC(NC(N)=S)Nc2c(-c3cccnc3)cc(F)cc21. The Bertz CT molecular complexity index is 708. The number of halogens is 1. The first-order valence-electron chi connectivity index (χ1n) is 6.76. The lowest BCUT2D eigenvalue weighted by Crippen LogP contribution is -2.43. The van der Waals surface area contributed by atoms with Crippen LogP contribution in [0.2, 0.25) is 0 Å². The molecule has 1 aromatic heterocycles. The first kappa shape index (κ1) is 15.1. The zero-order valence-electron chi connectivity index (χ0n) is 11.8. The molecule has 0 bridgehead atoms. The minimum atomic E-state index is -0.257. The van der Waals surface area contributed by atoms with Crippen molar-refractivity contribution < 1.29 is 4.39 Å². The van der Waals surface area contributed by atoms with Crippen molar-refractivity contribution in [1.29, 1.82) is 0 Å². The first-order chi connectivity index (χ1) is 10.5. The lowest BCUT2D eigenvalue weighted by molar-refractivity contribution is 0.625. The maximum atomic E-state index is 14.0. The van der Waals surface area contributed by atoms with E-state index in [1.165, 1.54) is 6.07 Å². The third-order valence-corrected chi connectivity index (χ3v) is 4.72. The Labute approximate surface area is 137 Å². The average Bonchev–Trinajstić information content (AvgIpc) is 2.48. The monoisotopic (exact) mass is 334 g/mol. The molecule has 0 saturated heterocycles. The number of nitrogens with one attached hydrogen (secondary N) is 2. The summed E-state index contributed by atoms with van der Waals surface area (Å²) in [5, 5.41) is 6.67. The topological polar surface area (TPSA) is 63.0 Å². The van der Waals surface area contributed by atoms with Gasteiger partial charge in [0.2, 0.25) is 0 Å². The van der Waals surface area contributed by atoms with Gasteiger partial charge in [-0.05, 0) is 42.9 Å². The molecule has 0 amide bonds. The predicted molar refractivity (Wildman–Crippen MR) is 93.0 cm³/mol. The number of rotatable bonds is 2. The fourth-order valence-electron chi connectivity index (χ4n) is 2.50. The van der Waals surface area contributed by atoms with Gasteiger partial charge in [0.1, 0.15) is 11.3 Å². The number of thioether (sulfide) groups is 1. The minimum Gasteiger partial charge on any atom is -0.376 e. The van der Waals surface area contributed by atoms with Crippen LogP contribution in [-0.4, -0.2) is 15.6 Å². The number of hydrogen-bond acceptors (Lipinski definition) is 4.